The molecule has 6 nitrogen and oxygen atoms in total. The van der Waals surface area contributed by atoms with E-state index < -0.39 is 18.8 Å². The normalized spacial score (nSPS) is 14.1. The van der Waals surface area contributed by atoms with Gasteiger partial charge in [-0.25, -0.2) is 32.6 Å². The minimum atomic E-state index is -2.47. The van der Waals surface area contributed by atoms with Crippen molar-refractivity contribution in [2.45, 2.75) is 26.8 Å². The van der Waals surface area contributed by atoms with Crippen molar-refractivity contribution >= 4 is 17.0 Å². The Morgan fingerprint density at radius 1 is 1.23 bits per heavy atom. The van der Waals surface area contributed by atoms with Gasteiger partial charge in [-0.05, 0) is 26.0 Å². The molecule has 0 saturated heterocycles. The molecule has 0 atom stereocenters. The highest BCUT2D eigenvalue weighted by atomic mass is 19.3. The van der Waals surface area contributed by atoms with E-state index in [0.717, 1.165) is 0 Å². The number of aromatic nitrogens is 4. The van der Waals surface area contributed by atoms with Gasteiger partial charge in [0.2, 0.25) is 0 Å². The maximum Gasteiger partial charge on any atom is 0.255 e. The van der Waals surface area contributed by atoms with Gasteiger partial charge in [0.25, 0.3) is 6.43 Å². The lowest BCUT2D eigenvalue weighted by molar-refractivity contribution is 0.113. The molecule has 4 heterocycles. The number of alkyl halides is 2. The summed E-state index contributed by atoms with van der Waals surface area (Å²) in [5.74, 6) is 0.555. The molecule has 1 aliphatic rings. The van der Waals surface area contributed by atoms with Crippen LogP contribution in [-0.4, -0.2) is 43.3 Å². The Morgan fingerprint density at radius 3 is 2.81 bits per heavy atom. The summed E-state index contributed by atoms with van der Waals surface area (Å²) < 4.78 is 41.4. The summed E-state index contributed by atoms with van der Waals surface area (Å²) in [5, 5.41) is 4.15. The molecule has 0 fully saturated rings. The Morgan fingerprint density at radius 2 is 2.04 bits per heavy atom. The van der Waals surface area contributed by atoms with Crippen LogP contribution in [-0.2, 0) is 6.54 Å². The number of nitrogens with zero attached hydrogens (tertiary/aromatic N) is 6. The van der Waals surface area contributed by atoms with Gasteiger partial charge in [-0.1, -0.05) is 0 Å². The molecule has 1 aliphatic heterocycles. The fraction of sp³-hybridized carbons (Fsp3) is 0.294. The van der Waals surface area contributed by atoms with Gasteiger partial charge in [0.1, 0.15) is 11.7 Å². The predicted octanol–water partition coefficient (Wildman–Crippen LogP) is 3.37. The lowest BCUT2D eigenvalue weighted by Crippen LogP contribution is -2.35. The fourth-order valence-corrected chi connectivity index (χ4v) is 3.03. The maximum atomic E-state index is 14.5. The standard InChI is InChI=1S/C17H15F3N6/c1-9-21-5-15-17(11(18)6-26(15)24-9)13-4-3-12-14(23-13)7-25(8-16(19)20)10(2)22-12/h3-6,16H,7-8H2,1-2H3. The Hall–Kier alpha value is -2.97. The molecule has 0 amide bonds. The highest BCUT2D eigenvalue weighted by Crippen LogP contribution is 2.32. The van der Waals surface area contributed by atoms with Crippen molar-refractivity contribution in [1.29, 1.82) is 0 Å². The number of hydrogen-bond acceptors (Lipinski definition) is 5. The molecule has 9 heteroatoms. The first kappa shape index (κ1) is 16.5. The third-order valence-electron chi connectivity index (χ3n) is 4.25. The first-order valence-electron chi connectivity index (χ1n) is 8.01. The Labute approximate surface area is 147 Å². The third-order valence-corrected chi connectivity index (χ3v) is 4.25. The zero-order chi connectivity index (χ0) is 18.4. The highest BCUT2D eigenvalue weighted by molar-refractivity contribution is 5.85. The smallest absolute Gasteiger partial charge is 0.255 e. The van der Waals surface area contributed by atoms with Crippen molar-refractivity contribution in [2.24, 2.45) is 4.99 Å². The minimum Gasteiger partial charge on any atom is -0.349 e. The molecule has 0 aromatic carbocycles. The number of pyridine rings is 1. The number of amidine groups is 1. The summed E-state index contributed by atoms with van der Waals surface area (Å²) in [6, 6.07) is 3.38. The largest absolute Gasteiger partial charge is 0.349 e. The van der Waals surface area contributed by atoms with Crippen molar-refractivity contribution in [3.05, 3.63) is 41.9 Å². The molecule has 0 spiro atoms. The van der Waals surface area contributed by atoms with E-state index in [2.05, 4.69) is 20.1 Å². The summed E-state index contributed by atoms with van der Waals surface area (Å²) in [6.45, 7) is 3.18. The van der Waals surface area contributed by atoms with E-state index in [1.165, 1.54) is 21.8 Å². The van der Waals surface area contributed by atoms with Crippen LogP contribution in [0.4, 0.5) is 18.9 Å². The maximum absolute atomic E-state index is 14.5. The van der Waals surface area contributed by atoms with Crippen LogP contribution in [0.2, 0.25) is 0 Å². The van der Waals surface area contributed by atoms with Gasteiger partial charge in [0, 0.05) is 0 Å². The molecule has 26 heavy (non-hydrogen) atoms. The fourth-order valence-electron chi connectivity index (χ4n) is 3.03. The summed E-state index contributed by atoms with van der Waals surface area (Å²) in [4.78, 5) is 14.4. The molecule has 0 unspecified atom stereocenters. The number of rotatable bonds is 3. The molecule has 0 saturated carbocycles. The van der Waals surface area contributed by atoms with Crippen molar-refractivity contribution in [3.8, 4) is 11.3 Å². The summed E-state index contributed by atoms with van der Waals surface area (Å²) in [5.41, 5.74) is 2.29. The zero-order valence-corrected chi connectivity index (χ0v) is 14.1. The van der Waals surface area contributed by atoms with E-state index in [0.29, 0.717) is 34.3 Å². The van der Waals surface area contributed by atoms with E-state index >= 15 is 0 Å². The van der Waals surface area contributed by atoms with Gasteiger partial charge in [0.05, 0.1) is 53.6 Å². The van der Waals surface area contributed by atoms with Crippen LogP contribution in [0.5, 0.6) is 0 Å². The average molecular weight is 360 g/mol. The second kappa shape index (κ2) is 6.08. The van der Waals surface area contributed by atoms with Gasteiger partial charge < -0.3 is 4.90 Å². The van der Waals surface area contributed by atoms with E-state index in [-0.39, 0.29) is 12.1 Å². The summed E-state index contributed by atoms with van der Waals surface area (Å²) >= 11 is 0. The van der Waals surface area contributed by atoms with Crippen LogP contribution in [0.3, 0.4) is 0 Å². The van der Waals surface area contributed by atoms with Crippen LogP contribution < -0.4 is 0 Å². The number of aryl methyl sites for hydroxylation is 1. The van der Waals surface area contributed by atoms with E-state index in [1.54, 1.807) is 26.0 Å². The Balaban J connectivity index is 1.79. The molecule has 3 aromatic heterocycles. The molecular formula is C17H15F3N6. The molecular weight excluding hydrogens is 345 g/mol. The van der Waals surface area contributed by atoms with Gasteiger partial charge in [0.15, 0.2) is 5.82 Å². The number of aliphatic imine (C=N–C) groups is 1. The van der Waals surface area contributed by atoms with E-state index in [9.17, 15) is 13.2 Å². The number of fused-ring (bicyclic) bond motifs is 2. The molecule has 4 rings (SSSR count). The summed E-state index contributed by atoms with van der Waals surface area (Å²) in [7, 11) is 0. The van der Waals surface area contributed by atoms with Crippen molar-refractivity contribution in [2.75, 3.05) is 6.54 Å². The molecule has 3 aromatic rings. The second-order valence-electron chi connectivity index (χ2n) is 6.08. The molecule has 134 valence electrons. The SMILES string of the molecule is CC1=Nc2ccc(-c3c(F)cn4nc(C)ncc34)nc2CN1CC(F)F. The van der Waals surface area contributed by atoms with Crippen LogP contribution in [0, 0.1) is 12.7 Å². The predicted molar refractivity (Wildman–Crippen MR) is 90.1 cm³/mol. The van der Waals surface area contributed by atoms with Crippen molar-refractivity contribution in [3.63, 3.8) is 0 Å². The second-order valence-corrected chi connectivity index (χ2v) is 6.08. The van der Waals surface area contributed by atoms with Crippen LogP contribution in [0.1, 0.15) is 18.4 Å². The third kappa shape index (κ3) is 2.79. The quantitative estimate of drug-likeness (QED) is 0.719. The lowest BCUT2D eigenvalue weighted by Gasteiger charge is -2.28. The first-order chi connectivity index (χ1) is 12.4. The van der Waals surface area contributed by atoms with Crippen LogP contribution in [0.15, 0.2) is 29.5 Å². The molecule has 0 bridgehead atoms. The topological polar surface area (TPSA) is 58.7 Å². The molecule has 0 radical (unpaired) electrons. The highest BCUT2D eigenvalue weighted by Gasteiger charge is 2.23. The van der Waals surface area contributed by atoms with Crippen molar-refractivity contribution in [1.82, 2.24) is 24.5 Å². The van der Waals surface area contributed by atoms with Crippen LogP contribution >= 0.6 is 0 Å². The number of hydrogen-bond donors (Lipinski definition) is 0. The monoisotopic (exact) mass is 360 g/mol. The van der Waals surface area contributed by atoms with Crippen LogP contribution in [0.25, 0.3) is 16.8 Å². The lowest BCUT2D eigenvalue weighted by atomic mass is 10.1. The van der Waals surface area contributed by atoms with E-state index in [4.69, 9.17) is 0 Å². The zero-order valence-electron chi connectivity index (χ0n) is 14.1. The first-order valence-corrected chi connectivity index (χ1v) is 8.01. The van der Waals surface area contributed by atoms with E-state index in [1.807, 2.05) is 0 Å². The molecule has 0 N–H and O–H groups in total. The summed E-state index contributed by atoms with van der Waals surface area (Å²) in [6.07, 6.45) is 0.331. The average Bonchev–Trinajstić information content (AvgIpc) is 2.89. The Bertz CT molecular complexity index is 1030. The van der Waals surface area contributed by atoms with Gasteiger partial charge >= 0.3 is 0 Å². The number of halogens is 3. The minimum absolute atomic E-state index is 0.200. The van der Waals surface area contributed by atoms with Gasteiger partial charge in [-0.3, -0.25) is 0 Å². The van der Waals surface area contributed by atoms with Gasteiger partial charge in [-0.2, -0.15) is 5.10 Å². The van der Waals surface area contributed by atoms with Crippen molar-refractivity contribution < 1.29 is 13.2 Å². The van der Waals surface area contributed by atoms with Gasteiger partial charge in [-0.15, -0.1) is 0 Å². The molecule has 0 aliphatic carbocycles. The Kier molecular flexibility index (Phi) is 3.86.